The Morgan fingerprint density at radius 3 is 2.93 bits per heavy atom. The molecule has 0 spiro atoms. The van der Waals surface area contributed by atoms with E-state index in [1.54, 1.807) is 22.7 Å². The number of thiazole rings is 2. The summed E-state index contributed by atoms with van der Waals surface area (Å²) in [6.07, 6.45) is 2.05. The molecule has 1 aromatic carbocycles. The Bertz CT molecular complexity index is 918. The molecule has 0 bridgehead atoms. The van der Waals surface area contributed by atoms with Crippen LogP contribution in [0.3, 0.4) is 0 Å². The maximum Gasteiger partial charge on any atom is 0.223 e. The number of anilines is 1. The van der Waals surface area contributed by atoms with E-state index < -0.39 is 0 Å². The Balaban J connectivity index is 0.00000102. The van der Waals surface area contributed by atoms with Crippen LogP contribution in [-0.4, -0.2) is 27.3 Å². The normalized spacial score (nSPS) is 15.4. The smallest absolute Gasteiger partial charge is 0.223 e. The topological polar surface area (TPSA) is 58.1 Å². The van der Waals surface area contributed by atoms with E-state index in [9.17, 15) is 4.79 Å². The minimum Gasteiger partial charge on any atom is -0.302 e. The van der Waals surface area contributed by atoms with Crippen molar-refractivity contribution in [1.29, 1.82) is 0 Å². The highest BCUT2D eigenvalue weighted by molar-refractivity contribution is 7.16. The second kappa shape index (κ2) is 8.91. The fourth-order valence-corrected chi connectivity index (χ4v) is 5.03. The molecular weight excluding hydrogens is 376 g/mol. The summed E-state index contributed by atoms with van der Waals surface area (Å²) in [4.78, 5) is 24.1. The highest BCUT2D eigenvalue weighted by atomic mass is 32.1. The molecule has 7 heteroatoms. The second-order valence-electron chi connectivity index (χ2n) is 6.40. The molecule has 1 unspecified atom stereocenters. The first-order valence-corrected chi connectivity index (χ1v) is 11.1. The molecule has 1 N–H and O–H groups in total. The molecule has 1 amide bonds. The first-order chi connectivity index (χ1) is 13.1. The summed E-state index contributed by atoms with van der Waals surface area (Å²) in [6, 6.07) is 6.91. The number of hydrogen-bond donors (Lipinski definition) is 1. The Kier molecular flexibility index (Phi) is 6.57. The third kappa shape index (κ3) is 4.54. The lowest BCUT2D eigenvalue weighted by Gasteiger charge is -2.27. The number of nitrogens with one attached hydrogen (secondary N) is 1. The first-order valence-electron chi connectivity index (χ1n) is 9.43. The maximum atomic E-state index is 11.3. The van der Waals surface area contributed by atoms with Crippen LogP contribution in [-0.2, 0) is 17.8 Å². The molecule has 0 fully saturated rings. The van der Waals surface area contributed by atoms with Crippen molar-refractivity contribution in [3.63, 3.8) is 0 Å². The summed E-state index contributed by atoms with van der Waals surface area (Å²) in [7, 11) is 0. The number of aryl methyl sites for hydroxylation is 1. The minimum absolute atomic E-state index is 0.0642. The van der Waals surface area contributed by atoms with Gasteiger partial charge in [-0.15, -0.1) is 22.7 Å². The highest BCUT2D eigenvalue weighted by Crippen LogP contribution is 2.33. The van der Waals surface area contributed by atoms with E-state index in [1.165, 1.54) is 22.1 Å². The van der Waals surface area contributed by atoms with Crippen molar-refractivity contribution in [2.24, 2.45) is 0 Å². The van der Waals surface area contributed by atoms with Crippen molar-refractivity contribution in [3.8, 4) is 0 Å². The lowest BCUT2D eigenvalue weighted by atomic mass is 10.1. The van der Waals surface area contributed by atoms with Crippen LogP contribution in [0.5, 0.6) is 0 Å². The van der Waals surface area contributed by atoms with Gasteiger partial charge in [0.15, 0.2) is 5.13 Å². The summed E-state index contributed by atoms with van der Waals surface area (Å²) in [5, 5.41) is 3.54. The molecule has 27 heavy (non-hydrogen) atoms. The molecule has 144 valence electrons. The van der Waals surface area contributed by atoms with Crippen molar-refractivity contribution in [3.05, 3.63) is 39.8 Å². The van der Waals surface area contributed by atoms with Gasteiger partial charge in [0.05, 0.1) is 21.4 Å². The molecule has 0 aliphatic carbocycles. The van der Waals surface area contributed by atoms with Gasteiger partial charge in [-0.2, -0.15) is 0 Å². The molecule has 4 rings (SSSR count). The third-order valence-electron chi connectivity index (χ3n) is 4.65. The Morgan fingerprint density at radius 1 is 1.33 bits per heavy atom. The van der Waals surface area contributed by atoms with Gasteiger partial charge in [0.25, 0.3) is 0 Å². The number of amides is 1. The van der Waals surface area contributed by atoms with Crippen LogP contribution in [0.1, 0.15) is 56.3 Å². The van der Waals surface area contributed by atoms with Crippen LogP contribution in [0.15, 0.2) is 23.7 Å². The Labute approximate surface area is 168 Å². The average molecular weight is 403 g/mol. The van der Waals surface area contributed by atoms with E-state index in [1.807, 2.05) is 19.4 Å². The van der Waals surface area contributed by atoms with Crippen molar-refractivity contribution in [1.82, 2.24) is 14.9 Å². The molecular formula is C20H26N4OS2. The standard InChI is InChI=1S/C18H20N4OS2.C2H6/c1-11(13-5-6-16-15(8-13)19-10-24-16)22-7-3-4-14-17(9-22)25-18(21-14)20-12(2)23;1-2/h5-6,8,10-11H,3-4,7,9H2,1-2H3,(H,20,21,23);1-2H3. The fourth-order valence-electron chi connectivity index (χ4n) is 3.30. The second-order valence-corrected chi connectivity index (χ2v) is 8.37. The molecule has 1 aliphatic rings. The first kappa shape index (κ1) is 19.9. The minimum atomic E-state index is -0.0642. The number of carbonyl (C=O) groups is 1. The number of benzene rings is 1. The third-order valence-corrected chi connectivity index (χ3v) is 6.46. The summed E-state index contributed by atoms with van der Waals surface area (Å²) < 4.78 is 1.23. The SMILES string of the molecule is CC.CC(=O)Nc1nc2c(s1)CN(C(C)c1ccc3scnc3c1)CCC2. The predicted octanol–water partition coefficient (Wildman–Crippen LogP) is 5.25. The largest absolute Gasteiger partial charge is 0.302 e. The summed E-state index contributed by atoms with van der Waals surface area (Å²) >= 11 is 3.28. The number of nitrogens with zero attached hydrogens (tertiary/aromatic N) is 3. The number of carbonyl (C=O) groups excluding carboxylic acids is 1. The van der Waals surface area contributed by atoms with Gasteiger partial charge in [0.1, 0.15) is 0 Å². The van der Waals surface area contributed by atoms with Crippen molar-refractivity contribution < 1.29 is 4.79 Å². The molecule has 5 nitrogen and oxygen atoms in total. The molecule has 3 aromatic rings. The Hall–Kier alpha value is -1.83. The Morgan fingerprint density at radius 2 is 2.15 bits per heavy atom. The van der Waals surface area contributed by atoms with Crippen molar-refractivity contribution in [2.45, 2.75) is 53.1 Å². The zero-order chi connectivity index (χ0) is 19.4. The lowest BCUT2D eigenvalue weighted by molar-refractivity contribution is -0.114. The van der Waals surface area contributed by atoms with E-state index in [0.717, 1.165) is 42.3 Å². The van der Waals surface area contributed by atoms with Crippen molar-refractivity contribution in [2.75, 3.05) is 11.9 Å². The van der Waals surface area contributed by atoms with Gasteiger partial charge in [-0.3, -0.25) is 9.69 Å². The molecule has 0 radical (unpaired) electrons. The molecule has 0 saturated heterocycles. The van der Waals surface area contributed by atoms with E-state index in [2.05, 4.69) is 45.3 Å². The van der Waals surface area contributed by atoms with Gasteiger partial charge in [0, 0.05) is 24.4 Å². The molecule has 0 saturated carbocycles. The molecule has 1 aliphatic heterocycles. The summed E-state index contributed by atoms with van der Waals surface area (Å²) in [6.45, 7) is 9.71. The highest BCUT2D eigenvalue weighted by Gasteiger charge is 2.23. The zero-order valence-corrected chi connectivity index (χ0v) is 17.9. The number of rotatable bonds is 3. The quantitative estimate of drug-likeness (QED) is 0.650. The van der Waals surface area contributed by atoms with Crippen LogP contribution in [0, 0.1) is 0 Å². The van der Waals surface area contributed by atoms with Crippen LogP contribution >= 0.6 is 22.7 Å². The van der Waals surface area contributed by atoms with E-state index in [-0.39, 0.29) is 5.91 Å². The van der Waals surface area contributed by atoms with Crippen LogP contribution in [0.25, 0.3) is 10.2 Å². The maximum absolute atomic E-state index is 11.3. The van der Waals surface area contributed by atoms with Gasteiger partial charge in [-0.05, 0) is 44.0 Å². The monoisotopic (exact) mass is 402 g/mol. The molecule has 1 atom stereocenters. The van der Waals surface area contributed by atoms with E-state index >= 15 is 0 Å². The summed E-state index contributed by atoms with van der Waals surface area (Å²) in [5.41, 5.74) is 5.42. The lowest BCUT2D eigenvalue weighted by Crippen LogP contribution is -2.26. The average Bonchev–Trinajstić information content (AvgIpc) is 3.23. The fraction of sp³-hybridized carbons (Fsp3) is 0.450. The van der Waals surface area contributed by atoms with Gasteiger partial charge >= 0.3 is 0 Å². The van der Waals surface area contributed by atoms with Crippen LogP contribution < -0.4 is 5.32 Å². The van der Waals surface area contributed by atoms with E-state index in [0.29, 0.717) is 6.04 Å². The van der Waals surface area contributed by atoms with Crippen LogP contribution in [0.4, 0.5) is 5.13 Å². The van der Waals surface area contributed by atoms with Gasteiger partial charge in [0.2, 0.25) is 5.91 Å². The number of aromatic nitrogens is 2. The molecule has 2 aromatic heterocycles. The van der Waals surface area contributed by atoms with Crippen molar-refractivity contribution >= 4 is 43.9 Å². The number of fused-ring (bicyclic) bond motifs is 2. The predicted molar refractivity (Wildman–Crippen MR) is 115 cm³/mol. The number of hydrogen-bond acceptors (Lipinski definition) is 6. The van der Waals surface area contributed by atoms with Gasteiger partial charge in [-0.25, -0.2) is 9.97 Å². The molecule has 3 heterocycles. The zero-order valence-electron chi connectivity index (χ0n) is 16.3. The van der Waals surface area contributed by atoms with Gasteiger partial charge in [-0.1, -0.05) is 19.9 Å². The van der Waals surface area contributed by atoms with Crippen LogP contribution in [0.2, 0.25) is 0 Å². The van der Waals surface area contributed by atoms with E-state index in [4.69, 9.17) is 0 Å². The van der Waals surface area contributed by atoms with Gasteiger partial charge < -0.3 is 5.32 Å². The summed E-state index contributed by atoms with van der Waals surface area (Å²) in [5.74, 6) is -0.0642.